The molecule has 0 aliphatic heterocycles. The average Bonchev–Trinajstić information content (AvgIpc) is 1.99. The molecule has 59 valence electrons. The van der Waals surface area contributed by atoms with Crippen LogP contribution in [0.4, 0.5) is 0 Å². The van der Waals surface area contributed by atoms with E-state index in [1.165, 1.54) is 0 Å². The van der Waals surface area contributed by atoms with Gasteiger partial charge in [-0.3, -0.25) is 4.79 Å². The number of aromatic nitrogens is 1. The first-order valence-corrected chi connectivity index (χ1v) is 3.32. The van der Waals surface area contributed by atoms with Crippen LogP contribution in [0.3, 0.4) is 0 Å². The first-order valence-electron chi connectivity index (χ1n) is 3.32. The summed E-state index contributed by atoms with van der Waals surface area (Å²) >= 11 is 0. The van der Waals surface area contributed by atoms with Gasteiger partial charge in [-0.1, -0.05) is 0 Å². The molecule has 0 atom stereocenters. The minimum Gasteiger partial charge on any atom is -0.496 e. The van der Waals surface area contributed by atoms with E-state index in [0.717, 1.165) is 5.56 Å². The Morgan fingerprint density at radius 1 is 1.45 bits per heavy atom. The van der Waals surface area contributed by atoms with Crippen LogP contribution in [0.5, 0.6) is 5.75 Å². The molecule has 0 spiro atoms. The summed E-state index contributed by atoms with van der Waals surface area (Å²) in [6.07, 6.45) is 2.70. The monoisotopic (exact) mass is 152 g/mol. The third-order valence-corrected chi connectivity index (χ3v) is 1.59. The van der Waals surface area contributed by atoms with Gasteiger partial charge in [0.25, 0.3) is 5.56 Å². The number of aryl methyl sites for hydroxylation is 1. The topological polar surface area (TPSA) is 42.1 Å². The third-order valence-electron chi connectivity index (χ3n) is 1.59. The fourth-order valence-corrected chi connectivity index (χ4v) is 0.992. The number of ether oxygens (including phenoxy) is 1. The highest BCUT2D eigenvalue weighted by atomic mass is 16.5. The number of hydrogen-bond donors (Lipinski definition) is 1. The highest BCUT2D eigenvalue weighted by Gasteiger charge is 2.04. The SMILES string of the molecule is COc1c(C)[c][nH]c(=O)c1C. The summed E-state index contributed by atoms with van der Waals surface area (Å²) < 4.78 is 5.01. The molecule has 3 heteroatoms. The van der Waals surface area contributed by atoms with Crippen molar-refractivity contribution in [3.8, 4) is 5.75 Å². The lowest BCUT2D eigenvalue weighted by Crippen LogP contribution is -2.11. The number of aromatic amines is 1. The summed E-state index contributed by atoms with van der Waals surface area (Å²) in [7, 11) is 1.54. The van der Waals surface area contributed by atoms with Crippen molar-refractivity contribution in [1.82, 2.24) is 4.98 Å². The lowest BCUT2D eigenvalue weighted by molar-refractivity contribution is 0.407. The number of pyridine rings is 1. The molecule has 0 unspecified atom stereocenters. The normalized spacial score (nSPS) is 9.73. The number of hydrogen-bond acceptors (Lipinski definition) is 2. The number of rotatable bonds is 1. The van der Waals surface area contributed by atoms with Crippen LogP contribution in [0.2, 0.25) is 0 Å². The van der Waals surface area contributed by atoms with Gasteiger partial charge in [-0.05, 0) is 13.8 Å². The zero-order chi connectivity index (χ0) is 8.43. The van der Waals surface area contributed by atoms with Crippen molar-refractivity contribution >= 4 is 0 Å². The summed E-state index contributed by atoms with van der Waals surface area (Å²) in [4.78, 5) is 13.5. The number of methoxy groups -OCH3 is 1. The van der Waals surface area contributed by atoms with Crippen LogP contribution in [0, 0.1) is 20.0 Å². The van der Waals surface area contributed by atoms with Crippen molar-refractivity contribution in [1.29, 1.82) is 0 Å². The smallest absolute Gasteiger partial charge is 0.255 e. The van der Waals surface area contributed by atoms with Crippen LogP contribution in [-0.4, -0.2) is 12.1 Å². The Morgan fingerprint density at radius 3 is 2.55 bits per heavy atom. The Kier molecular flexibility index (Phi) is 1.98. The molecule has 11 heavy (non-hydrogen) atoms. The molecule has 1 radical (unpaired) electrons. The molecule has 0 fully saturated rings. The van der Waals surface area contributed by atoms with Gasteiger partial charge in [-0.25, -0.2) is 0 Å². The molecule has 1 N–H and O–H groups in total. The molecule has 0 saturated heterocycles. The molecule has 0 aliphatic carbocycles. The second-order valence-corrected chi connectivity index (χ2v) is 2.36. The summed E-state index contributed by atoms with van der Waals surface area (Å²) in [5, 5.41) is 0. The quantitative estimate of drug-likeness (QED) is 0.646. The van der Waals surface area contributed by atoms with Gasteiger partial charge in [-0.15, -0.1) is 0 Å². The fraction of sp³-hybridized carbons (Fsp3) is 0.375. The number of H-pyrrole nitrogens is 1. The van der Waals surface area contributed by atoms with Crippen LogP contribution >= 0.6 is 0 Å². The van der Waals surface area contributed by atoms with Crippen molar-refractivity contribution in [2.75, 3.05) is 7.11 Å². The van der Waals surface area contributed by atoms with E-state index in [9.17, 15) is 4.79 Å². The van der Waals surface area contributed by atoms with Gasteiger partial charge in [-0.2, -0.15) is 0 Å². The molecule has 1 aromatic heterocycles. The Labute approximate surface area is 65.0 Å². The summed E-state index contributed by atoms with van der Waals surface area (Å²) in [5.74, 6) is 0.619. The maximum atomic E-state index is 11.0. The molecule has 0 saturated carbocycles. The Balaban J connectivity index is 3.41. The van der Waals surface area contributed by atoms with E-state index < -0.39 is 0 Å². The van der Waals surface area contributed by atoms with E-state index in [2.05, 4.69) is 11.2 Å². The first-order chi connectivity index (χ1) is 5.16. The van der Waals surface area contributed by atoms with Crippen LogP contribution < -0.4 is 10.3 Å². The zero-order valence-corrected chi connectivity index (χ0v) is 6.82. The highest BCUT2D eigenvalue weighted by Crippen LogP contribution is 2.16. The maximum absolute atomic E-state index is 11.0. The van der Waals surface area contributed by atoms with Crippen molar-refractivity contribution < 1.29 is 4.74 Å². The van der Waals surface area contributed by atoms with Crippen molar-refractivity contribution in [3.63, 3.8) is 0 Å². The predicted molar refractivity (Wildman–Crippen MR) is 41.9 cm³/mol. The van der Waals surface area contributed by atoms with Crippen LogP contribution in [0.1, 0.15) is 11.1 Å². The molecule has 1 aromatic rings. The molecule has 1 heterocycles. The van der Waals surface area contributed by atoms with E-state index >= 15 is 0 Å². The second kappa shape index (κ2) is 2.78. The van der Waals surface area contributed by atoms with Crippen molar-refractivity contribution in [3.05, 3.63) is 27.7 Å². The van der Waals surface area contributed by atoms with Gasteiger partial charge in [0.15, 0.2) is 0 Å². The molecular formula is C8H10NO2. The van der Waals surface area contributed by atoms with Crippen LogP contribution in [0.25, 0.3) is 0 Å². The second-order valence-electron chi connectivity index (χ2n) is 2.36. The van der Waals surface area contributed by atoms with Gasteiger partial charge >= 0.3 is 0 Å². The van der Waals surface area contributed by atoms with E-state index in [4.69, 9.17) is 4.74 Å². The standard InChI is InChI=1S/C8H10NO2/c1-5-4-9-8(10)6(2)7(5)11-3/h1-3H3,(H,9,10). The molecule has 0 aliphatic rings. The Hall–Kier alpha value is -1.25. The van der Waals surface area contributed by atoms with Gasteiger partial charge in [0, 0.05) is 5.56 Å². The van der Waals surface area contributed by atoms with Gasteiger partial charge in [0.05, 0.1) is 18.9 Å². The average molecular weight is 152 g/mol. The number of nitrogens with one attached hydrogen (secondary N) is 1. The largest absolute Gasteiger partial charge is 0.496 e. The summed E-state index contributed by atoms with van der Waals surface area (Å²) in [6.45, 7) is 3.56. The van der Waals surface area contributed by atoms with E-state index in [1.54, 1.807) is 14.0 Å². The first kappa shape index (κ1) is 7.85. The summed E-state index contributed by atoms with van der Waals surface area (Å²) in [6, 6.07) is 0. The van der Waals surface area contributed by atoms with Crippen LogP contribution in [-0.2, 0) is 0 Å². The Morgan fingerprint density at radius 2 is 2.09 bits per heavy atom. The van der Waals surface area contributed by atoms with Crippen molar-refractivity contribution in [2.24, 2.45) is 0 Å². The lowest BCUT2D eigenvalue weighted by atomic mass is 10.2. The van der Waals surface area contributed by atoms with Crippen molar-refractivity contribution in [2.45, 2.75) is 13.8 Å². The molecule has 0 aromatic carbocycles. The third kappa shape index (κ3) is 1.27. The van der Waals surface area contributed by atoms with E-state index in [0.29, 0.717) is 11.3 Å². The zero-order valence-electron chi connectivity index (χ0n) is 6.82. The molecule has 3 nitrogen and oxygen atoms in total. The minimum absolute atomic E-state index is 0.146. The van der Waals surface area contributed by atoms with Gasteiger partial charge in [0.2, 0.25) is 0 Å². The lowest BCUT2D eigenvalue weighted by Gasteiger charge is -2.04. The molecule has 0 bridgehead atoms. The molecule has 1 rings (SSSR count). The van der Waals surface area contributed by atoms with Crippen LogP contribution in [0.15, 0.2) is 4.79 Å². The van der Waals surface area contributed by atoms with E-state index in [1.807, 2.05) is 6.92 Å². The highest BCUT2D eigenvalue weighted by molar-refractivity contribution is 5.35. The fourth-order valence-electron chi connectivity index (χ4n) is 0.992. The summed E-state index contributed by atoms with van der Waals surface area (Å²) in [5.41, 5.74) is 1.28. The van der Waals surface area contributed by atoms with Gasteiger partial charge < -0.3 is 9.72 Å². The predicted octanol–water partition coefficient (Wildman–Crippen LogP) is 0.801. The van der Waals surface area contributed by atoms with E-state index in [-0.39, 0.29) is 5.56 Å². The Bertz CT molecular complexity index is 314. The molecule has 0 amide bonds. The van der Waals surface area contributed by atoms with Gasteiger partial charge in [0.1, 0.15) is 5.75 Å². The minimum atomic E-state index is -0.146. The maximum Gasteiger partial charge on any atom is 0.255 e. The molecular weight excluding hydrogens is 142 g/mol.